The average molecular weight is 513 g/mol. The first-order valence-corrected chi connectivity index (χ1v) is 13.9. The van der Waals surface area contributed by atoms with E-state index in [-0.39, 0.29) is 0 Å². The molecule has 0 aliphatic carbocycles. The number of rotatable bonds is 15. The monoisotopic (exact) mass is 512 g/mol. The van der Waals surface area contributed by atoms with E-state index < -0.39 is 11.9 Å². The Morgan fingerprint density at radius 2 is 1.16 bits per heavy atom. The number of benzene rings is 3. The predicted octanol–water partition coefficient (Wildman–Crippen LogP) is 9.01. The molecule has 0 saturated heterocycles. The number of hydrogen-bond acceptors (Lipinski definition) is 4. The third kappa shape index (κ3) is 9.02. The van der Waals surface area contributed by atoms with Crippen LogP contribution in [0.1, 0.15) is 103 Å². The van der Waals surface area contributed by atoms with Crippen molar-refractivity contribution in [2.75, 3.05) is 0 Å². The highest BCUT2D eigenvalue weighted by Gasteiger charge is 2.16. The van der Waals surface area contributed by atoms with Gasteiger partial charge in [-0.1, -0.05) is 89.3 Å². The lowest BCUT2D eigenvalue weighted by Gasteiger charge is -2.10. The first-order chi connectivity index (χ1) is 18.5. The molecule has 200 valence electrons. The summed E-state index contributed by atoms with van der Waals surface area (Å²) in [6.07, 6.45) is 13.3. The normalized spacial score (nSPS) is 10.7. The highest BCUT2D eigenvalue weighted by molar-refractivity contribution is 5.98. The van der Waals surface area contributed by atoms with Gasteiger partial charge < -0.3 is 9.47 Å². The maximum atomic E-state index is 12.9. The molecule has 0 atom stereocenters. The third-order valence-electron chi connectivity index (χ3n) is 6.63. The van der Waals surface area contributed by atoms with Crippen molar-refractivity contribution < 1.29 is 19.1 Å². The summed E-state index contributed by atoms with van der Waals surface area (Å²) in [7, 11) is 0. The molecule has 3 rings (SSSR count). The number of aryl methyl sites for hydroxylation is 2. The van der Waals surface area contributed by atoms with Gasteiger partial charge in [-0.25, -0.2) is 9.59 Å². The molecule has 0 fully saturated rings. The number of esters is 2. The molecular formula is C34H40O4. The summed E-state index contributed by atoms with van der Waals surface area (Å²) < 4.78 is 11.1. The molecule has 0 amide bonds. The van der Waals surface area contributed by atoms with E-state index in [4.69, 9.17) is 9.47 Å². The van der Waals surface area contributed by atoms with Gasteiger partial charge in [0.1, 0.15) is 11.5 Å². The SMILES string of the molecule is C=Cc1cc(C(=O)Oc2ccc(CCCCCC)cc2)ccc1C(=O)Oc1ccc(CCCCCC)cc1. The van der Waals surface area contributed by atoms with Crippen molar-refractivity contribution in [2.24, 2.45) is 0 Å². The van der Waals surface area contributed by atoms with Crippen LogP contribution in [-0.4, -0.2) is 11.9 Å². The molecule has 0 aliphatic heterocycles. The molecule has 4 heteroatoms. The van der Waals surface area contributed by atoms with Crippen molar-refractivity contribution in [2.45, 2.75) is 78.1 Å². The number of carbonyl (C=O) groups excluding carboxylic acids is 2. The van der Waals surface area contributed by atoms with Gasteiger partial charge in [0.15, 0.2) is 0 Å². The van der Waals surface area contributed by atoms with E-state index in [1.807, 2.05) is 48.5 Å². The Bertz CT molecular complexity index is 1180. The van der Waals surface area contributed by atoms with Gasteiger partial charge in [-0.15, -0.1) is 0 Å². The first-order valence-electron chi connectivity index (χ1n) is 13.9. The molecule has 0 spiro atoms. The minimum absolute atomic E-state index is 0.340. The Morgan fingerprint density at radius 1 is 0.658 bits per heavy atom. The topological polar surface area (TPSA) is 52.6 Å². The molecule has 0 bridgehead atoms. The fourth-order valence-corrected chi connectivity index (χ4v) is 4.33. The summed E-state index contributed by atoms with van der Waals surface area (Å²) in [5, 5.41) is 0. The molecule has 0 aliphatic rings. The van der Waals surface area contributed by atoms with Crippen LogP contribution in [0.5, 0.6) is 11.5 Å². The van der Waals surface area contributed by atoms with Crippen LogP contribution in [0.15, 0.2) is 73.3 Å². The maximum Gasteiger partial charge on any atom is 0.344 e. The fraction of sp³-hybridized carbons (Fsp3) is 0.353. The van der Waals surface area contributed by atoms with Gasteiger partial charge in [-0.05, 0) is 84.8 Å². The molecule has 3 aromatic rings. The fourth-order valence-electron chi connectivity index (χ4n) is 4.33. The van der Waals surface area contributed by atoms with Crippen molar-refractivity contribution in [1.29, 1.82) is 0 Å². The highest BCUT2D eigenvalue weighted by Crippen LogP contribution is 2.21. The van der Waals surface area contributed by atoms with Gasteiger partial charge in [-0.3, -0.25) is 0 Å². The Kier molecular flexibility index (Phi) is 11.8. The molecule has 0 aromatic heterocycles. The highest BCUT2D eigenvalue weighted by atomic mass is 16.5. The molecule has 0 N–H and O–H groups in total. The van der Waals surface area contributed by atoms with Crippen LogP contribution in [-0.2, 0) is 12.8 Å². The van der Waals surface area contributed by atoms with Crippen molar-refractivity contribution in [3.05, 3.63) is 101 Å². The smallest absolute Gasteiger partial charge is 0.344 e. The molecule has 0 radical (unpaired) electrons. The van der Waals surface area contributed by atoms with Crippen molar-refractivity contribution in [3.8, 4) is 11.5 Å². The Hall–Kier alpha value is -3.66. The maximum absolute atomic E-state index is 12.9. The van der Waals surface area contributed by atoms with Crippen LogP contribution >= 0.6 is 0 Å². The van der Waals surface area contributed by atoms with Gasteiger partial charge in [0.25, 0.3) is 0 Å². The molecule has 0 saturated carbocycles. The van der Waals surface area contributed by atoms with E-state index in [9.17, 15) is 9.59 Å². The second-order valence-corrected chi connectivity index (χ2v) is 9.69. The molecule has 0 heterocycles. The van der Waals surface area contributed by atoms with E-state index in [2.05, 4.69) is 20.4 Å². The zero-order valence-corrected chi connectivity index (χ0v) is 22.8. The van der Waals surface area contributed by atoms with Crippen molar-refractivity contribution in [1.82, 2.24) is 0 Å². The van der Waals surface area contributed by atoms with Gasteiger partial charge in [0.05, 0.1) is 11.1 Å². The summed E-state index contributed by atoms with van der Waals surface area (Å²) in [5.41, 5.74) is 3.66. The molecule has 3 aromatic carbocycles. The summed E-state index contributed by atoms with van der Waals surface area (Å²) >= 11 is 0. The first kappa shape index (κ1) is 28.9. The van der Waals surface area contributed by atoms with Crippen molar-refractivity contribution in [3.63, 3.8) is 0 Å². The lowest BCUT2D eigenvalue weighted by atomic mass is 10.0. The zero-order chi connectivity index (χ0) is 27.2. The number of unbranched alkanes of at least 4 members (excludes halogenated alkanes) is 6. The minimum Gasteiger partial charge on any atom is -0.423 e. The number of ether oxygens (including phenoxy) is 2. The van der Waals surface area contributed by atoms with Crippen molar-refractivity contribution >= 4 is 18.0 Å². The standard InChI is InChI=1S/C34H40O4/c1-4-7-9-11-13-26-15-20-30(21-16-26)37-33(35)29-19-24-32(28(6-3)25-29)34(36)38-31-22-17-27(18-23-31)14-12-10-8-5-2/h6,15-25H,3-5,7-14H2,1-2H3. The molecule has 0 unspecified atom stereocenters. The lowest BCUT2D eigenvalue weighted by molar-refractivity contribution is 0.0720. The van der Waals surface area contributed by atoms with Gasteiger partial charge in [0.2, 0.25) is 0 Å². The largest absolute Gasteiger partial charge is 0.423 e. The van der Waals surface area contributed by atoms with Crippen LogP contribution in [0.4, 0.5) is 0 Å². The van der Waals surface area contributed by atoms with Crippen LogP contribution in [0.3, 0.4) is 0 Å². The van der Waals surface area contributed by atoms with E-state index in [1.165, 1.54) is 49.7 Å². The quantitative estimate of drug-likeness (QED) is 0.116. The number of carbonyl (C=O) groups is 2. The average Bonchev–Trinajstić information content (AvgIpc) is 2.94. The van der Waals surface area contributed by atoms with Crippen LogP contribution < -0.4 is 9.47 Å². The van der Waals surface area contributed by atoms with Gasteiger partial charge in [0, 0.05) is 0 Å². The Morgan fingerprint density at radius 3 is 1.63 bits per heavy atom. The second-order valence-electron chi connectivity index (χ2n) is 9.69. The van der Waals surface area contributed by atoms with Crippen LogP contribution in [0.25, 0.3) is 6.08 Å². The van der Waals surface area contributed by atoms with Gasteiger partial charge in [-0.2, -0.15) is 0 Å². The van der Waals surface area contributed by atoms with E-state index in [0.29, 0.717) is 28.2 Å². The van der Waals surface area contributed by atoms with E-state index >= 15 is 0 Å². The third-order valence-corrected chi connectivity index (χ3v) is 6.63. The molecule has 38 heavy (non-hydrogen) atoms. The molecule has 4 nitrogen and oxygen atoms in total. The predicted molar refractivity (Wildman–Crippen MR) is 155 cm³/mol. The van der Waals surface area contributed by atoms with E-state index in [0.717, 1.165) is 25.7 Å². The Labute approximate surface area is 227 Å². The summed E-state index contributed by atoms with van der Waals surface area (Å²) in [6.45, 7) is 8.21. The van der Waals surface area contributed by atoms with Crippen LogP contribution in [0, 0.1) is 0 Å². The summed E-state index contributed by atoms with van der Waals surface area (Å²) in [4.78, 5) is 25.6. The molecular weight excluding hydrogens is 472 g/mol. The zero-order valence-electron chi connectivity index (χ0n) is 22.8. The summed E-state index contributed by atoms with van der Waals surface area (Å²) in [6, 6.07) is 20.1. The number of hydrogen-bond donors (Lipinski definition) is 0. The minimum atomic E-state index is -0.495. The van der Waals surface area contributed by atoms with E-state index in [1.54, 1.807) is 24.3 Å². The lowest BCUT2D eigenvalue weighted by Crippen LogP contribution is -2.13. The van der Waals surface area contributed by atoms with Crippen LogP contribution in [0.2, 0.25) is 0 Å². The second kappa shape index (κ2) is 15.6. The van der Waals surface area contributed by atoms with Gasteiger partial charge >= 0.3 is 11.9 Å². The summed E-state index contributed by atoms with van der Waals surface area (Å²) in [5.74, 6) is -0.00680. The Balaban J connectivity index is 1.58.